The van der Waals surface area contributed by atoms with E-state index in [-0.39, 0.29) is 6.10 Å². The van der Waals surface area contributed by atoms with E-state index in [0.717, 1.165) is 25.8 Å². The average Bonchev–Trinajstić information content (AvgIpc) is 2.17. The van der Waals surface area contributed by atoms with Gasteiger partial charge >= 0.3 is 0 Å². The molecule has 2 N–H and O–H groups in total. The van der Waals surface area contributed by atoms with E-state index >= 15 is 0 Å². The van der Waals surface area contributed by atoms with Gasteiger partial charge in [-0.3, -0.25) is 4.98 Å². The lowest BCUT2D eigenvalue weighted by molar-refractivity contribution is 0.0629. The minimum atomic E-state index is -0.0616. The summed E-state index contributed by atoms with van der Waals surface area (Å²) in [6.45, 7) is 0.987. The van der Waals surface area contributed by atoms with Crippen LogP contribution in [0, 0.1) is 0 Å². The van der Waals surface area contributed by atoms with Crippen LogP contribution in [0.5, 0.6) is 0 Å². The van der Waals surface area contributed by atoms with Crippen molar-refractivity contribution in [2.24, 2.45) is 0 Å². The molecule has 0 unspecified atom stereocenters. The molecule has 0 aliphatic heterocycles. The first-order valence-corrected chi connectivity index (χ1v) is 5.15. The number of aliphatic hydroxyl groups is 1. The van der Waals surface area contributed by atoms with Crippen molar-refractivity contribution in [3.8, 4) is 0 Å². The van der Waals surface area contributed by atoms with Crippen molar-refractivity contribution in [2.45, 2.75) is 31.4 Å². The van der Waals surface area contributed by atoms with E-state index in [1.165, 1.54) is 5.56 Å². The molecule has 3 nitrogen and oxygen atoms in total. The molecule has 1 aromatic rings. The Hall–Kier alpha value is -0.930. The van der Waals surface area contributed by atoms with Crippen molar-refractivity contribution in [3.05, 3.63) is 30.1 Å². The molecule has 14 heavy (non-hydrogen) atoms. The number of hydrogen-bond acceptors (Lipinski definition) is 3. The topological polar surface area (TPSA) is 45.1 Å². The van der Waals surface area contributed by atoms with Gasteiger partial charge in [-0.15, -0.1) is 0 Å². The van der Waals surface area contributed by atoms with Crippen LogP contribution < -0.4 is 5.32 Å². The molecule has 1 aliphatic rings. The van der Waals surface area contributed by atoms with Crippen LogP contribution in [-0.2, 0) is 6.42 Å². The summed E-state index contributed by atoms with van der Waals surface area (Å²) in [7, 11) is 0. The second kappa shape index (κ2) is 4.53. The molecule has 3 heteroatoms. The zero-order valence-electron chi connectivity index (χ0n) is 8.19. The molecule has 0 amide bonds. The Kier molecular flexibility index (Phi) is 3.11. The van der Waals surface area contributed by atoms with Crippen molar-refractivity contribution in [3.63, 3.8) is 0 Å². The molecule has 76 valence electrons. The van der Waals surface area contributed by atoms with Gasteiger partial charge in [-0.05, 0) is 43.5 Å². The molecular formula is C11H16N2O. The lowest BCUT2D eigenvalue weighted by Crippen LogP contribution is -2.44. The van der Waals surface area contributed by atoms with Gasteiger partial charge in [0, 0.05) is 18.4 Å². The van der Waals surface area contributed by atoms with Crippen LogP contribution in [0.2, 0.25) is 0 Å². The summed E-state index contributed by atoms with van der Waals surface area (Å²) < 4.78 is 0. The van der Waals surface area contributed by atoms with Gasteiger partial charge in [0.25, 0.3) is 0 Å². The van der Waals surface area contributed by atoms with Crippen LogP contribution in [0.3, 0.4) is 0 Å². The van der Waals surface area contributed by atoms with Crippen LogP contribution in [-0.4, -0.2) is 28.8 Å². The molecule has 1 fully saturated rings. The minimum absolute atomic E-state index is 0.0616. The number of aliphatic hydroxyl groups excluding tert-OH is 1. The van der Waals surface area contributed by atoms with Crippen LogP contribution in [0.1, 0.15) is 18.4 Å². The molecule has 0 bridgehead atoms. The summed E-state index contributed by atoms with van der Waals surface area (Å²) in [4.78, 5) is 3.97. The highest BCUT2D eigenvalue weighted by Crippen LogP contribution is 2.18. The average molecular weight is 192 g/mol. The fraction of sp³-hybridized carbons (Fsp3) is 0.545. The summed E-state index contributed by atoms with van der Waals surface area (Å²) in [6, 6.07) is 4.61. The molecule has 0 spiro atoms. The maximum absolute atomic E-state index is 9.09. The summed E-state index contributed by atoms with van der Waals surface area (Å²) in [5.74, 6) is 0. The monoisotopic (exact) mass is 192 g/mol. The molecule has 1 saturated carbocycles. The molecule has 0 radical (unpaired) electrons. The van der Waals surface area contributed by atoms with Crippen molar-refractivity contribution >= 4 is 0 Å². The molecular weight excluding hydrogens is 176 g/mol. The Balaban J connectivity index is 1.64. The largest absolute Gasteiger partial charge is 0.393 e. The third kappa shape index (κ3) is 2.53. The lowest BCUT2D eigenvalue weighted by atomic mass is 9.89. The predicted molar refractivity (Wildman–Crippen MR) is 55.0 cm³/mol. The molecule has 1 heterocycles. The molecule has 0 aromatic carbocycles. The summed E-state index contributed by atoms with van der Waals surface area (Å²) in [5.41, 5.74) is 1.31. The Bertz CT molecular complexity index is 270. The maximum atomic E-state index is 9.09. The second-order valence-corrected chi connectivity index (χ2v) is 3.88. The van der Waals surface area contributed by atoms with E-state index in [2.05, 4.69) is 10.3 Å². The Morgan fingerprint density at radius 1 is 1.36 bits per heavy atom. The SMILES string of the molecule is OC1CC(NCCc2ccncc2)C1. The third-order valence-corrected chi connectivity index (χ3v) is 2.71. The molecule has 1 aromatic heterocycles. The van der Waals surface area contributed by atoms with Crippen molar-refractivity contribution in [1.29, 1.82) is 0 Å². The Morgan fingerprint density at radius 2 is 2.07 bits per heavy atom. The van der Waals surface area contributed by atoms with Gasteiger partial charge in [-0.2, -0.15) is 0 Å². The zero-order chi connectivity index (χ0) is 9.80. The fourth-order valence-electron chi connectivity index (χ4n) is 1.72. The van der Waals surface area contributed by atoms with Gasteiger partial charge in [-0.1, -0.05) is 0 Å². The number of aromatic nitrogens is 1. The number of hydrogen-bond donors (Lipinski definition) is 2. The van der Waals surface area contributed by atoms with Crippen molar-refractivity contribution < 1.29 is 5.11 Å². The molecule has 0 saturated heterocycles. The van der Waals surface area contributed by atoms with Crippen LogP contribution >= 0.6 is 0 Å². The summed E-state index contributed by atoms with van der Waals surface area (Å²) in [5, 5.41) is 12.5. The number of pyridine rings is 1. The van der Waals surface area contributed by atoms with E-state index in [4.69, 9.17) is 5.11 Å². The number of nitrogens with one attached hydrogen (secondary N) is 1. The first-order chi connectivity index (χ1) is 6.84. The number of rotatable bonds is 4. The van der Waals surface area contributed by atoms with E-state index in [0.29, 0.717) is 6.04 Å². The molecule has 0 atom stereocenters. The van der Waals surface area contributed by atoms with Gasteiger partial charge in [0.05, 0.1) is 6.10 Å². The standard InChI is InChI=1S/C11H16N2O/c14-11-7-10(8-11)13-6-3-9-1-4-12-5-2-9/h1-2,4-5,10-11,13-14H,3,6-8H2. The normalized spacial score (nSPS) is 25.8. The van der Waals surface area contributed by atoms with Gasteiger partial charge < -0.3 is 10.4 Å². The minimum Gasteiger partial charge on any atom is -0.393 e. The predicted octanol–water partition coefficient (Wildman–Crippen LogP) is 0.737. The van der Waals surface area contributed by atoms with Gasteiger partial charge in [-0.25, -0.2) is 0 Å². The van der Waals surface area contributed by atoms with E-state index in [1.807, 2.05) is 24.5 Å². The van der Waals surface area contributed by atoms with E-state index in [1.54, 1.807) is 0 Å². The second-order valence-electron chi connectivity index (χ2n) is 3.88. The zero-order valence-corrected chi connectivity index (χ0v) is 8.19. The van der Waals surface area contributed by atoms with Crippen LogP contribution in [0.25, 0.3) is 0 Å². The van der Waals surface area contributed by atoms with Crippen molar-refractivity contribution in [2.75, 3.05) is 6.54 Å². The smallest absolute Gasteiger partial charge is 0.0570 e. The Labute approximate surface area is 84.2 Å². The highest BCUT2D eigenvalue weighted by Gasteiger charge is 2.25. The molecule has 2 rings (SSSR count). The maximum Gasteiger partial charge on any atom is 0.0570 e. The van der Waals surface area contributed by atoms with Gasteiger partial charge in [0.15, 0.2) is 0 Å². The van der Waals surface area contributed by atoms with E-state index in [9.17, 15) is 0 Å². The fourth-order valence-corrected chi connectivity index (χ4v) is 1.72. The van der Waals surface area contributed by atoms with Gasteiger partial charge in [0.2, 0.25) is 0 Å². The Morgan fingerprint density at radius 3 is 2.71 bits per heavy atom. The van der Waals surface area contributed by atoms with Crippen LogP contribution in [0.4, 0.5) is 0 Å². The quantitative estimate of drug-likeness (QED) is 0.739. The summed E-state index contributed by atoms with van der Waals surface area (Å²) in [6.07, 6.45) is 6.44. The lowest BCUT2D eigenvalue weighted by Gasteiger charge is -2.32. The third-order valence-electron chi connectivity index (χ3n) is 2.71. The van der Waals surface area contributed by atoms with E-state index < -0.39 is 0 Å². The summed E-state index contributed by atoms with van der Waals surface area (Å²) >= 11 is 0. The van der Waals surface area contributed by atoms with Gasteiger partial charge in [0.1, 0.15) is 0 Å². The highest BCUT2D eigenvalue weighted by molar-refractivity contribution is 5.09. The molecule has 1 aliphatic carbocycles. The first-order valence-electron chi connectivity index (χ1n) is 5.15. The van der Waals surface area contributed by atoms with Crippen molar-refractivity contribution in [1.82, 2.24) is 10.3 Å². The first kappa shape index (κ1) is 9.62. The van der Waals surface area contributed by atoms with Crippen LogP contribution in [0.15, 0.2) is 24.5 Å². The number of nitrogens with zero attached hydrogens (tertiary/aromatic N) is 1. The highest BCUT2D eigenvalue weighted by atomic mass is 16.3.